The number of hydrogen-bond acceptors (Lipinski definition) is 6. The first kappa shape index (κ1) is 23.1. The normalized spacial score (nSPS) is 17.4. The van der Waals surface area contributed by atoms with Crippen molar-refractivity contribution in [1.29, 1.82) is 0 Å². The zero-order valence-corrected chi connectivity index (χ0v) is 19.8. The molecular weight excluding hydrogens is 444 g/mol. The van der Waals surface area contributed by atoms with Gasteiger partial charge < -0.3 is 14.4 Å². The fraction of sp³-hybridized carbons (Fsp3) is 0.417. The minimum atomic E-state index is -3.40. The molecule has 2 aliphatic rings. The third kappa shape index (κ3) is 5.13. The summed E-state index contributed by atoms with van der Waals surface area (Å²) in [7, 11) is -1.80. The van der Waals surface area contributed by atoms with Crippen LogP contribution in [0.25, 0.3) is 0 Å². The zero-order valence-electron chi connectivity index (χ0n) is 19.0. The van der Waals surface area contributed by atoms with Gasteiger partial charge in [0.15, 0.2) is 6.61 Å². The molecule has 1 aliphatic carbocycles. The Morgan fingerprint density at radius 1 is 1.12 bits per heavy atom. The fourth-order valence-electron chi connectivity index (χ4n) is 4.26. The summed E-state index contributed by atoms with van der Waals surface area (Å²) in [5.41, 5.74) is 2.63. The summed E-state index contributed by atoms with van der Waals surface area (Å²) in [4.78, 5) is 27.2. The number of esters is 1. The third-order valence-electron chi connectivity index (χ3n) is 5.97. The first-order chi connectivity index (χ1) is 15.7. The molecule has 0 bridgehead atoms. The summed E-state index contributed by atoms with van der Waals surface area (Å²) in [5, 5.41) is 0. The molecule has 0 radical (unpaired) electrons. The van der Waals surface area contributed by atoms with E-state index in [-0.39, 0.29) is 24.6 Å². The average molecular weight is 473 g/mol. The summed E-state index contributed by atoms with van der Waals surface area (Å²) in [6.45, 7) is 1.94. The lowest BCUT2D eigenvalue weighted by Crippen LogP contribution is -2.36. The van der Waals surface area contributed by atoms with Crippen LogP contribution in [0.4, 0.5) is 5.69 Å². The van der Waals surface area contributed by atoms with E-state index in [1.165, 1.54) is 16.6 Å². The third-order valence-corrected chi connectivity index (χ3v) is 7.24. The molecule has 0 spiro atoms. The second kappa shape index (κ2) is 9.05. The molecule has 1 fully saturated rings. The Balaban J connectivity index is 1.39. The lowest BCUT2D eigenvalue weighted by molar-refractivity contribution is -0.135. The van der Waals surface area contributed by atoms with Crippen LogP contribution in [-0.2, 0) is 32.5 Å². The largest absolute Gasteiger partial charge is 0.497 e. The van der Waals surface area contributed by atoms with E-state index in [0.29, 0.717) is 24.2 Å². The van der Waals surface area contributed by atoms with Gasteiger partial charge in [0, 0.05) is 18.6 Å². The number of ether oxygens (including phenoxy) is 2. The van der Waals surface area contributed by atoms with E-state index in [9.17, 15) is 18.0 Å². The highest BCUT2D eigenvalue weighted by atomic mass is 32.2. The van der Waals surface area contributed by atoms with Crippen LogP contribution < -0.4 is 9.04 Å². The minimum Gasteiger partial charge on any atom is -0.497 e. The topological polar surface area (TPSA) is 93.2 Å². The fourth-order valence-corrected chi connectivity index (χ4v) is 5.53. The Bertz CT molecular complexity index is 1160. The van der Waals surface area contributed by atoms with Crippen LogP contribution in [0.1, 0.15) is 41.3 Å². The van der Waals surface area contributed by atoms with Gasteiger partial charge in [-0.05, 0) is 67.6 Å². The van der Waals surface area contributed by atoms with Gasteiger partial charge >= 0.3 is 5.97 Å². The van der Waals surface area contributed by atoms with Crippen molar-refractivity contribution in [2.24, 2.45) is 0 Å². The van der Waals surface area contributed by atoms with Crippen LogP contribution in [0.5, 0.6) is 5.75 Å². The molecule has 0 aromatic heterocycles. The average Bonchev–Trinajstić information content (AvgIpc) is 3.55. The Hall–Kier alpha value is -3.07. The van der Waals surface area contributed by atoms with Gasteiger partial charge in [0.25, 0.3) is 5.91 Å². The van der Waals surface area contributed by atoms with E-state index in [4.69, 9.17) is 9.47 Å². The molecular formula is C24H28N2O6S. The molecule has 2 aromatic carbocycles. The van der Waals surface area contributed by atoms with Crippen LogP contribution in [0.2, 0.25) is 0 Å². The number of methoxy groups -OCH3 is 1. The van der Waals surface area contributed by atoms with E-state index in [1.807, 2.05) is 31.2 Å². The maximum Gasteiger partial charge on any atom is 0.338 e. The van der Waals surface area contributed by atoms with E-state index < -0.39 is 16.0 Å². The summed E-state index contributed by atoms with van der Waals surface area (Å²) in [5.74, 6) is -0.0862. The molecule has 4 rings (SSSR count). The van der Waals surface area contributed by atoms with Gasteiger partial charge in [-0.25, -0.2) is 13.2 Å². The van der Waals surface area contributed by atoms with Gasteiger partial charge in [0.05, 0.1) is 24.6 Å². The molecule has 176 valence electrons. The number of amides is 1. The highest BCUT2D eigenvalue weighted by molar-refractivity contribution is 7.92. The number of carbonyl (C=O) groups is 2. The number of sulfonamides is 1. The van der Waals surface area contributed by atoms with E-state index >= 15 is 0 Å². The number of rotatable bonds is 8. The van der Waals surface area contributed by atoms with Gasteiger partial charge in [-0.15, -0.1) is 0 Å². The molecule has 1 unspecified atom stereocenters. The minimum absolute atomic E-state index is 0.168. The van der Waals surface area contributed by atoms with Crippen molar-refractivity contribution in [3.8, 4) is 5.75 Å². The molecule has 0 saturated heterocycles. The molecule has 8 nitrogen and oxygen atoms in total. The Kier molecular flexibility index (Phi) is 6.34. The van der Waals surface area contributed by atoms with Gasteiger partial charge in [0.1, 0.15) is 5.75 Å². The summed E-state index contributed by atoms with van der Waals surface area (Å²) in [6, 6.07) is 12.3. The summed E-state index contributed by atoms with van der Waals surface area (Å²) >= 11 is 0. The van der Waals surface area contributed by atoms with E-state index in [1.54, 1.807) is 24.1 Å². The molecule has 1 amide bonds. The molecule has 9 heteroatoms. The van der Waals surface area contributed by atoms with Crippen molar-refractivity contribution in [1.82, 2.24) is 4.90 Å². The van der Waals surface area contributed by atoms with Gasteiger partial charge in [-0.1, -0.05) is 12.1 Å². The number of hydrogen-bond donors (Lipinski definition) is 0. The second-order valence-corrected chi connectivity index (χ2v) is 10.5. The van der Waals surface area contributed by atoms with Crippen molar-refractivity contribution in [2.45, 2.75) is 44.8 Å². The molecule has 2 aromatic rings. The highest BCUT2D eigenvalue weighted by Gasteiger charge is 2.34. The standard InChI is InChI=1S/C24H28N2O6S/c1-16-12-19-13-18(6-11-22(19)26(16)33(3,29)30)24(28)32-15-23(27)25(20-7-8-20)14-17-4-9-21(31-2)10-5-17/h4-6,9-11,13,16,20H,7-8,12,14-15H2,1-3H3. The number of fused-ring (bicyclic) bond motifs is 1. The number of nitrogens with zero attached hydrogens (tertiary/aromatic N) is 2. The van der Waals surface area contributed by atoms with Crippen LogP contribution in [-0.4, -0.2) is 57.3 Å². The van der Waals surface area contributed by atoms with Gasteiger partial charge in [-0.3, -0.25) is 9.10 Å². The Morgan fingerprint density at radius 2 is 1.82 bits per heavy atom. The summed E-state index contributed by atoms with van der Waals surface area (Å²) in [6.07, 6.45) is 3.56. The Morgan fingerprint density at radius 3 is 2.42 bits per heavy atom. The Labute approximate surface area is 194 Å². The van der Waals surface area contributed by atoms with Crippen molar-refractivity contribution < 1.29 is 27.5 Å². The molecule has 1 aliphatic heterocycles. The summed E-state index contributed by atoms with van der Waals surface area (Å²) < 4.78 is 36.0. The lowest BCUT2D eigenvalue weighted by Gasteiger charge is -2.22. The molecule has 1 saturated carbocycles. The highest BCUT2D eigenvalue weighted by Crippen LogP contribution is 2.35. The van der Waals surface area contributed by atoms with E-state index in [0.717, 1.165) is 29.7 Å². The van der Waals surface area contributed by atoms with Gasteiger partial charge in [-0.2, -0.15) is 0 Å². The number of anilines is 1. The van der Waals surface area contributed by atoms with Crippen molar-refractivity contribution in [3.63, 3.8) is 0 Å². The monoisotopic (exact) mass is 472 g/mol. The first-order valence-corrected chi connectivity index (χ1v) is 12.7. The predicted octanol–water partition coefficient (Wildman–Crippen LogP) is 2.75. The quantitative estimate of drug-likeness (QED) is 0.549. The van der Waals surface area contributed by atoms with Crippen LogP contribution >= 0.6 is 0 Å². The van der Waals surface area contributed by atoms with Crippen molar-refractivity contribution >= 4 is 27.6 Å². The molecule has 33 heavy (non-hydrogen) atoms. The van der Waals surface area contributed by atoms with Crippen molar-refractivity contribution in [2.75, 3.05) is 24.3 Å². The number of carbonyl (C=O) groups excluding carboxylic acids is 2. The second-order valence-electron chi connectivity index (χ2n) is 8.63. The molecule has 0 N–H and O–H groups in total. The van der Waals surface area contributed by atoms with Crippen LogP contribution in [0, 0.1) is 0 Å². The maximum atomic E-state index is 12.8. The number of benzene rings is 2. The van der Waals surface area contributed by atoms with Crippen LogP contribution in [0.3, 0.4) is 0 Å². The van der Waals surface area contributed by atoms with Crippen LogP contribution in [0.15, 0.2) is 42.5 Å². The lowest BCUT2D eigenvalue weighted by atomic mass is 10.1. The van der Waals surface area contributed by atoms with Crippen molar-refractivity contribution in [3.05, 3.63) is 59.2 Å². The van der Waals surface area contributed by atoms with E-state index in [2.05, 4.69) is 0 Å². The zero-order chi connectivity index (χ0) is 23.8. The molecule has 1 atom stereocenters. The van der Waals surface area contributed by atoms with Gasteiger partial charge in [0.2, 0.25) is 10.0 Å². The smallest absolute Gasteiger partial charge is 0.338 e. The maximum absolute atomic E-state index is 12.8. The first-order valence-electron chi connectivity index (χ1n) is 10.9. The predicted molar refractivity (Wildman–Crippen MR) is 124 cm³/mol. The SMILES string of the molecule is COc1ccc(CN(C(=O)COC(=O)c2ccc3c(c2)CC(C)N3S(C)(=O)=O)C2CC2)cc1. The molecule has 1 heterocycles.